The summed E-state index contributed by atoms with van der Waals surface area (Å²) < 4.78 is 0. The second kappa shape index (κ2) is 6.89. The summed E-state index contributed by atoms with van der Waals surface area (Å²) in [5, 5.41) is 3.17. The van der Waals surface area contributed by atoms with Crippen molar-refractivity contribution in [1.29, 1.82) is 0 Å². The van der Waals surface area contributed by atoms with Crippen molar-refractivity contribution in [1.82, 2.24) is 5.32 Å². The van der Waals surface area contributed by atoms with Crippen LogP contribution in [0.4, 0.5) is 0 Å². The summed E-state index contributed by atoms with van der Waals surface area (Å²) in [6.07, 6.45) is 3.65. The van der Waals surface area contributed by atoms with E-state index in [0.717, 1.165) is 12.4 Å². The quantitative estimate of drug-likeness (QED) is 0.601. The predicted octanol–water partition coefficient (Wildman–Crippen LogP) is 2.96. The molecule has 12 heavy (non-hydrogen) atoms. The molecule has 0 aliphatic carbocycles. The van der Waals surface area contributed by atoms with E-state index >= 15 is 0 Å². The van der Waals surface area contributed by atoms with Crippen molar-refractivity contribution < 1.29 is 1.43 Å². The minimum Gasteiger partial charge on any atom is -0.370 e. The predicted molar refractivity (Wildman–Crippen MR) is 57.6 cm³/mol. The van der Waals surface area contributed by atoms with E-state index < -0.39 is 0 Å². The Morgan fingerprint density at radius 3 is 2.50 bits per heavy atom. The Balaban J connectivity index is 0. The maximum absolute atomic E-state index is 3.85. The van der Waals surface area contributed by atoms with E-state index in [9.17, 15) is 0 Å². The summed E-state index contributed by atoms with van der Waals surface area (Å²) in [5.41, 5.74) is 1.33. The Hall–Kier alpha value is -0.790. The summed E-state index contributed by atoms with van der Waals surface area (Å²) >= 11 is 0. The molecule has 0 aromatic rings. The van der Waals surface area contributed by atoms with Gasteiger partial charge in [0.05, 0.1) is 0 Å². The fourth-order valence-corrected chi connectivity index (χ4v) is 1.02. The van der Waals surface area contributed by atoms with Gasteiger partial charge in [-0.2, -0.15) is 0 Å². The number of nitrogens with zero attached hydrogens (tertiary/aromatic N) is 1. The fraction of sp³-hybridized carbons (Fsp3) is 0.700. The molecule has 0 aromatic carbocycles. The maximum atomic E-state index is 3.85. The highest BCUT2D eigenvalue weighted by Gasteiger charge is 2.04. The van der Waals surface area contributed by atoms with Crippen LogP contribution in [0.2, 0.25) is 0 Å². The number of hydrogen-bond donors (Lipinski definition) is 1. The third-order valence-electron chi connectivity index (χ3n) is 1.58. The molecule has 0 spiro atoms. The third-order valence-corrected chi connectivity index (χ3v) is 1.58. The highest BCUT2D eigenvalue weighted by molar-refractivity contribution is 5.30. The van der Waals surface area contributed by atoms with Crippen LogP contribution in [-0.4, -0.2) is 13.3 Å². The average molecular weight is 170 g/mol. The molecule has 0 fully saturated rings. The van der Waals surface area contributed by atoms with Crippen LogP contribution < -0.4 is 5.32 Å². The summed E-state index contributed by atoms with van der Waals surface area (Å²) in [6, 6.07) is 0. The molecule has 1 rings (SSSR count). The van der Waals surface area contributed by atoms with Gasteiger partial charge in [-0.1, -0.05) is 20.3 Å². The van der Waals surface area contributed by atoms with E-state index in [1.807, 2.05) is 0 Å². The molecule has 0 saturated heterocycles. The monoisotopic (exact) mass is 170 g/mol. The van der Waals surface area contributed by atoms with Crippen LogP contribution in [0, 0.1) is 0 Å². The van der Waals surface area contributed by atoms with Crippen molar-refractivity contribution >= 4 is 6.72 Å². The molecule has 0 amide bonds. The molecule has 0 atom stereocenters. The lowest BCUT2D eigenvalue weighted by Crippen LogP contribution is -2.19. The van der Waals surface area contributed by atoms with Crippen LogP contribution in [0.3, 0.4) is 0 Å². The van der Waals surface area contributed by atoms with E-state index in [4.69, 9.17) is 0 Å². The third kappa shape index (κ3) is 4.16. The minimum atomic E-state index is 0. The van der Waals surface area contributed by atoms with Crippen molar-refractivity contribution in [3.05, 3.63) is 11.4 Å². The smallest absolute Gasteiger partial charge is 0.124 e. The van der Waals surface area contributed by atoms with Crippen molar-refractivity contribution in [3.8, 4) is 0 Å². The van der Waals surface area contributed by atoms with Gasteiger partial charge in [-0.3, -0.25) is 0 Å². The minimum absolute atomic E-state index is 0. The van der Waals surface area contributed by atoms with Gasteiger partial charge in [0, 0.05) is 7.97 Å². The van der Waals surface area contributed by atoms with Crippen molar-refractivity contribution in [2.24, 2.45) is 4.99 Å². The first kappa shape index (κ1) is 11.2. The number of aliphatic imine (C=N–C) groups is 1. The van der Waals surface area contributed by atoms with Crippen molar-refractivity contribution in [2.45, 2.75) is 40.0 Å². The summed E-state index contributed by atoms with van der Waals surface area (Å²) in [4.78, 5) is 3.85. The lowest BCUT2D eigenvalue weighted by molar-refractivity contribution is 0.656. The fourth-order valence-electron chi connectivity index (χ4n) is 1.02. The van der Waals surface area contributed by atoms with Gasteiger partial charge < -0.3 is 5.32 Å². The molecule has 72 valence electrons. The largest absolute Gasteiger partial charge is 0.370 e. The zero-order chi connectivity index (χ0) is 9.40. The van der Waals surface area contributed by atoms with Crippen molar-refractivity contribution in [2.75, 3.05) is 6.54 Å². The lowest BCUT2D eigenvalue weighted by Gasteiger charge is -2.15. The van der Waals surface area contributed by atoms with Gasteiger partial charge in [-0.15, -0.1) is 0 Å². The first-order valence-electron chi connectivity index (χ1n) is 4.66. The van der Waals surface area contributed by atoms with E-state index in [-0.39, 0.29) is 1.43 Å². The van der Waals surface area contributed by atoms with Crippen LogP contribution in [-0.2, 0) is 0 Å². The van der Waals surface area contributed by atoms with Gasteiger partial charge in [0.1, 0.15) is 5.82 Å². The molecule has 1 aliphatic heterocycles. The van der Waals surface area contributed by atoms with Gasteiger partial charge in [0.2, 0.25) is 0 Å². The van der Waals surface area contributed by atoms with Crippen LogP contribution in [0.1, 0.15) is 41.5 Å². The molecule has 2 nitrogen and oxygen atoms in total. The first-order chi connectivity index (χ1) is 5.76. The van der Waals surface area contributed by atoms with Gasteiger partial charge in [-0.05, 0) is 32.1 Å². The number of rotatable bonds is 1. The molecule has 0 unspecified atom stereocenters. The molecule has 0 radical (unpaired) electrons. The molecular formula is C10H22N2. The first-order valence-corrected chi connectivity index (χ1v) is 4.66. The molecule has 1 aliphatic rings. The van der Waals surface area contributed by atoms with E-state index in [1.165, 1.54) is 24.8 Å². The Morgan fingerprint density at radius 2 is 2.17 bits per heavy atom. The van der Waals surface area contributed by atoms with Gasteiger partial charge in [-0.25, -0.2) is 4.99 Å². The Morgan fingerprint density at radius 1 is 1.58 bits per heavy atom. The summed E-state index contributed by atoms with van der Waals surface area (Å²) in [6.45, 7) is 10.9. The Bertz CT molecular complexity index is 164. The standard InChI is InChI=1S/C7H12N2.C3H8.H2/c1-6-4-3-5-9-7(6)8-2;1-3-2;/h9H,2-5H2,1H3;3H2,1-2H3;1H. The highest BCUT2D eigenvalue weighted by Crippen LogP contribution is 2.12. The zero-order valence-corrected chi connectivity index (χ0v) is 8.48. The Labute approximate surface area is 77.3 Å². The molecule has 0 aromatic heterocycles. The lowest BCUT2D eigenvalue weighted by atomic mass is 10.1. The molecular weight excluding hydrogens is 148 g/mol. The van der Waals surface area contributed by atoms with Crippen LogP contribution in [0.25, 0.3) is 0 Å². The second-order valence-corrected chi connectivity index (χ2v) is 3.02. The molecule has 1 N–H and O–H groups in total. The van der Waals surface area contributed by atoms with Crippen LogP contribution >= 0.6 is 0 Å². The van der Waals surface area contributed by atoms with Crippen molar-refractivity contribution in [3.63, 3.8) is 0 Å². The molecule has 0 bridgehead atoms. The number of hydrogen-bond acceptors (Lipinski definition) is 2. The molecule has 0 saturated carbocycles. The Kier molecular flexibility index (Phi) is 6.44. The van der Waals surface area contributed by atoms with Crippen LogP contribution in [0.15, 0.2) is 16.4 Å². The average Bonchev–Trinajstić information content (AvgIpc) is 2.07. The zero-order valence-electron chi connectivity index (χ0n) is 8.48. The van der Waals surface area contributed by atoms with E-state index in [2.05, 4.69) is 37.8 Å². The van der Waals surface area contributed by atoms with Crippen LogP contribution in [0.5, 0.6) is 0 Å². The van der Waals surface area contributed by atoms with E-state index in [1.54, 1.807) is 0 Å². The maximum Gasteiger partial charge on any atom is 0.124 e. The van der Waals surface area contributed by atoms with Gasteiger partial charge in [0.25, 0.3) is 0 Å². The van der Waals surface area contributed by atoms with E-state index in [0.29, 0.717) is 0 Å². The summed E-state index contributed by atoms with van der Waals surface area (Å²) in [5.74, 6) is 0.987. The SMILES string of the molecule is C=NC1=C(C)CCCN1.CCC.[HH]. The normalized spacial score (nSPS) is 15.9. The second-order valence-electron chi connectivity index (χ2n) is 3.02. The number of nitrogens with one attached hydrogen (secondary N) is 1. The molecule has 2 heteroatoms. The number of allylic oxidation sites excluding steroid dienone is 1. The molecule has 1 heterocycles. The van der Waals surface area contributed by atoms with Gasteiger partial charge >= 0.3 is 0 Å². The highest BCUT2D eigenvalue weighted by atomic mass is 15.0. The summed E-state index contributed by atoms with van der Waals surface area (Å²) in [7, 11) is 0. The van der Waals surface area contributed by atoms with Gasteiger partial charge in [0.15, 0.2) is 0 Å². The topological polar surface area (TPSA) is 24.4 Å².